The van der Waals surface area contributed by atoms with E-state index in [-0.39, 0.29) is 17.5 Å². The maximum absolute atomic E-state index is 13.5. The molecule has 0 spiro atoms. The lowest BCUT2D eigenvalue weighted by atomic mass is 9.85. The third-order valence-electron chi connectivity index (χ3n) is 4.16. The number of carbonyl (C=O) groups is 1. The van der Waals surface area contributed by atoms with Crippen LogP contribution in [0, 0.1) is 11.7 Å². The average Bonchev–Trinajstić information content (AvgIpc) is 2.54. The summed E-state index contributed by atoms with van der Waals surface area (Å²) >= 11 is 0. The predicted octanol–water partition coefficient (Wildman–Crippen LogP) is 1.41. The van der Waals surface area contributed by atoms with Gasteiger partial charge in [0.2, 0.25) is 10.0 Å². The Hall–Kier alpha value is -1.51. The molecular formula is C15H21FN2O4S. The Bertz CT molecular complexity index is 678. The number of hydrogen-bond donors (Lipinski definition) is 2. The first-order chi connectivity index (χ1) is 10.9. The van der Waals surface area contributed by atoms with Crippen LogP contribution in [0.15, 0.2) is 23.1 Å². The molecule has 0 aromatic heterocycles. The van der Waals surface area contributed by atoms with Gasteiger partial charge in [0.25, 0.3) is 0 Å². The molecule has 6 nitrogen and oxygen atoms in total. The molecule has 1 aliphatic rings. The summed E-state index contributed by atoms with van der Waals surface area (Å²) in [6, 6.07) is 2.65. The summed E-state index contributed by atoms with van der Waals surface area (Å²) < 4.78 is 45.9. The molecule has 23 heavy (non-hydrogen) atoms. The van der Waals surface area contributed by atoms with Crippen LogP contribution in [0.4, 0.5) is 4.39 Å². The summed E-state index contributed by atoms with van der Waals surface area (Å²) in [6.45, 7) is 0.375. The maximum atomic E-state index is 13.5. The van der Waals surface area contributed by atoms with Gasteiger partial charge in [-0.2, -0.15) is 0 Å². The molecule has 1 saturated carbocycles. The number of nitrogens with one attached hydrogen (secondary N) is 1. The number of esters is 1. The van der Waals surface area contributed by atoms with Crippen molar-refractivity contribution in [1.82, 2.24) is 4.72 Å². The molecule has 2 unspecified atom stereocenters. The molecule has 0 saturated heterocycles. The van der Waals surface area contributed by atoms with E-state index in [0.29, 0.717) is 13.0 Å². The fourth-order valence-electron chi connectivity index (χ4n) is 2.90. The lowest BCUT2D eigenvalue weighted by molar-refractivity contribution is 0.0596. The second-order valence-corrected chi connectivity index (χ2v) is 7.32. The highest BCUT2D eigenvalue weighted by atomic mass is 32.2. The quantitative estimate of drug-likeness (QED) is 0.787. The zero-order chi connectivity index (χ0) is 17.0. The van der Waals surface area contributed by atoms with E-state index in [2.05, 4.69) is 9.46 Å². The Morgan fingerprint density at radius 3 is 2.74 bits per heavy atom. The van der Waals surface area contributed by atoms with E-state index in [1.54, 1.807) is 0 Å². The average molecular weight is 344 g/mol. The molecule has 0 aliphatic heterocycles. The summed E-state index contributed by atoms with van der Waals surface area (Å²) in [5.74, 6) is -1.53. The molecule has 2 rings (SSSR count). The lowest BCUT2D eigenvalue weighted by Gasteiger charge is -2.31. The fourth-order valence-corrected chi connectivity index (χ4v) is 4.45. The van der Waals surface area contributed by atoms with E-state index in [1.165, 1.54) is 0 Å². The largest absolute Gasteiger partial charge is 0.465 e. The first kappa shape index (κ1) is 17.8. The van der Waals surface area contributed by atoms with Gasteiger partial charge in [-0.3, -0.25) is 0 Å². The van der Waals surface area contributed by atoms with Gasteiger partial charge in [0.15, 0.2) is 0 Å². The van der Waals surface area contributed by atoms with Gasteiger partial charge >= 0.3 is 5.97 Å². The number of nitrogens with two attached hydrogens (primary N) is 1. The first-order valence-electron chi connectivity index (χ1n) is 7.49. The molecule has 1 aromatic rings. The number of hydrogen-bond acceptors (Lipinski definition) is 5. The minimum atomic E-state index is -4.06. The van der Waals surface area contributed by atoms with Crippen molar-refractivity contribution >= 4 is 16.0 Å². The Kier molecular flexibility index (Phi) is 5.72. The van der Waals surface area contributed by atoms with Crippen molar-refractivity contribution in [2.24, 2.45) is 11.7 Å². The number of halogens is 1. The van der Waals surface area contributed by atoms with Crippen molar-refractivity contribution < 1.29 is 22.3 Å². The standard InChI is InChI=1S/C15H21FN2O4S/c1-22-15(19)12-7-6-11(16)8-14(12)23(20,21)18-13-5-3-2-4-10(13)9-17/h6-8,10,13,18H,2-5,9,17H2,1H3. The first-order valence-corrected chi connectivity index (χ1v) is 8.97. The maximum Gasteiger partial charge on any atom is 0.339 e. The Labute approximate surface area is 135 Å². The highest BCUT2D eigenvalue weighted by Gasteiger charge is 2.31. The van der Waals surface area contributed by atoms with Gasteiger partial charge in [0.1, 0.15) is 5.82 Å². The molecule has 8 heteroatoms. The van der Waals surface area contributed by atoms with E-state index in [9.17, 15) is 17.6 Å². The zero-order valence-corrected chi connectivity index (χ0v) is 13.7. The van der Waals surface area contributed by atoms with Crippen molar-refractivity contribution in [3.63, 3.8) is 0 Å². The molecule has 128 valence electrons. The van der Waals surface area contributed by atoms with Crippen LogP contribution in [0.1, 0.15) is 36.0 Å². The Morgan fingerprint density at radius 1 is 1.39 bits per heavy atom. The molecule has 3 N–H and O–H groups in total. The fraction of sp³-hybridized carbons (Fsp3) is 0.533. The summed E-state index contributed by atoms with van der Waals surface area (Å²) in [6.07, 6.45) is 3.42. The number of carbonyl (C=O) groups excluding carboxylic acids is 1. The number of rotatable bonds is 5. The minimum absolute atomic E-state index is 0.0358. The molecular weight excluding hydrogens is 323 g/mol. The topological polar surface area (TPSA) is 98.5 Å². The third kappa shape index (κ3) is 4.07. The van der Waals surface area contributed by atoms with Crippen LogP contribution in [0.3, 0.4) is 0 Å². The van der Waals surface area contributed by atoms with Crippen LogP contribution >= 0.6 is 0 Å². The number of methoxy groups -OCH3 is 1. The number of benzene rings is 1. The number of sulfonamides is 1. The van der Waals surface area contributed by atoms with Gasteiger partial charge in [0.05, 0.1) is 17.6 Å². The summed E-state index contributed by atoms with van der Waals surface area (Å²) in [5.41, 5.74) is 5.51. The van der Waals surface area contributed by atoms with Crippen molar-refractivity contribution in [2.45, 2.75) is 36.6 Å². The van der Waals surface area contributed by atoms with Gasteiger partial charge in [-0.05, 0) is 43.5 Å². The molecule has 1 aliphatic carbocycles. The molecule has 0 amide bonds. The molecule has 1 fully saturated rings. The van der Waals surface area contributed by atoms with Gasteiger partial charge in [0, 0.05) is 6.04 Å². The molecule has 2 atom stereocenters. The SMILES string of the molecule is COC(=O)c1ccc(F)cc1S(=O)(=O)NC1CCCCC1CN. The Morgan fingerprint density at radius 2 is 2.09 bits per heavy atom. The van der Waals surface area contributed by atoms with Crippen LogP contribution in [-0.4, -0.2) is 34.1 Å². The Balaban J connectivity index is 2.35. The monoisotopic (exact) mass is 344 g/mol. The third-order valence-corrected chi connectivity index (χ3v) is 5.69. The highest BCUT2D eigenvalue weighted by molar-refractivity contribution is 7.89. The molecule has 0 heterocycles. The van der Waals surface area contributed by atoms with E-state index >= 15 is 0 Å². The second-order valence-electron chi connectivity index (χ2n) is 5.64. The summed E-state index contributed by atoms with van der Waals surface area (Å²) in [4.78, 5) is 11.3. The van der Waals surface area contributed by atoms with Crippen molar-refractivity contribution in [2.75, 3.05) is 13.7 Å². The predicted molar refractivity (Wildman–Crippen MR) is 82.9 cm³/mol. The van der Waals surface area contributed by atoms with Crippen LogP contribution in [0.5, 0.6) is 0 Å². The van der Waals surface area contributed by atoms with Crippen molar-refractivity contribution in [3.05, 3.63) is 29.6 Å². The normalized spacial score (nSPS) is 21.9. The smallest absolute Gasteiger partial charge is 0.339 e. The number of ether oxygens (including phenoxy) is 1. The molecule has 0 bridgehead atoms. The van der Waals surface area contributed by atoms with Gasteiger partial charge in [-0.25, -0.2) is 22.3 Å². The molecule has 0 radical (unpaired) electrons. The van der Waals surface area contributed by atoms with E-state index in [1.807, 2.05) is 0 Å². The lowest BCUT2D eigenvalue weighted by Crippen LogP contribution is -2.44. The van der Waals surface area contributed by atoms with E-state index in [0.717, 1.165) is 44.6 Å². The van der Waals surface area contributed by atoms with Crippen LogP contribution in [0.2, 0.25) is 0 Å². The van der Waals surface area contributed by atoms with E-state index < -0.39 is 26.7 Å². The van der Waals surface area contributed by atoms with Crippen molar-refractivity contribution in [3.8, 4) is 0 Å². The van der Waals surface area contributed by atoms with Gasteiger partial charge < -0.3 is 10.5 Å². The van der Waals surface area contributed by atoms with Crippen LogP contribution < -0.4 is 10.5 Å². The zero-order valence-electron chi connectivity index (χ0n) is 12.9. The van der Waals surface area contributed by atoms with Gasteiger partial charge in [-0.1, -0.05) is 12.8 Å². The summed E-state index contributed by atoms with van der Waals surface area (Å²) in [5, 5.41) is 0. The van der Waals surface area contributed by atoms with Gasteiger partial charge in [-0.15, -0.1) is 0 Å². The summed E-state index contributed by atoms with van der Waals surface area (Å²) in [7, 11) is -2.92. The highest BCUT2D eigenvalue weighted by Crippen LogP contribution is 2.26. The van der Waals surface area contributed by atoms with Crippen LogP contribution in [-0.2, 0) is 14.8 Å². The minimum Gasteiger partial charge on any atom is -0.465 e. The van der Waals surface area contributed by atoms with Crippen LogP contribution in [0.25, 0.3) is 0 Å². The molecule has 1 aromatic carbocycles. The van der Waals surface area contributed by atoms with E-state index in [4.69, 9.17) is 5.73 Å². The van der Waals surface area contributed by atoms with Crippen molar-refractivity contribution in [1.29, 1.82) is 0 Å². The second kappa shape index (κ2) is 7.37.